The molecule has 3 rings (SSSR count). The van der Waals surface area contributed by atoms with E-state index in [1.807, 2.05) is 0 Å². The lowest BCUT2D eigenvalue weighted by Gasteiger charge is -2.34. The largest absolute Gasteiger partial charge is 0.477 e. The minimum absolute atomic E-state index is 0.0279. The second-order valence-electron chi connectivity index (χ2n) is 5.55. The van der Waals surface area contributed by atoms with Crippen molar-refractivity contribution in [3.8, 4) is 0 Å². The number of nitrogens with zero attached hydrogens (tertiary/aromatic N) is 2. The van der Waals surface area contributed by atoms with Crippen molar-refractivity contribution in [3.63, 3.8) is 0 Å². The molecule has 0 aromatic carbocycles. The van der Waals surface area contributed by atoms with E-state index < -0.39 is 16.0 Å². The average Bonchev–Trinajstić information content (AvgIpc) is 3.21. The van der Waals surface area contributed by atoms with E-state index in [-0.39, 0.29) is 9.77 Å². The van der Waals surface area contributed by atoms with Gasteiger partial charge in [-0.05, 0) is 30.7 Å². The Morgan fingerprint density at radius 1 is 1.29 bits per heavy atom. The van der Waals surface area contributed by atoms with Gasteiger partial charge in [0.2, 0.25) is 10.0 Å². The fraction of sp³-hybridized carbons (Fsp3) is 0.615. The molecule has 2 aliphatic rings. The van der Waals surface area contributed by atoms with Crippen molar-refractivity contribution in [1.29, 1.82) is 0 Å². The fourth-order valence-corrected chi connectivity index (χ4v) is 5.79. The number of sulfonamides is 1. The summed E-state index contributed by atoms with van der Waals surface area (Å²) in [7, 11) is -3.72. The summed E-state index contributed by atoms with van der Waals surface area (Å²) in [6.07, 6.45) is 2.42. The molecule has 116 valence electrons. The molecule has 1 aromatic heterocycles. The summed E-state index contributed by atoms with van der Waals surface area (Å²) in [4.78, 5) is 13.4. The molecular weight excluding hydrogens is 312 g/mol. The van der Waals surface area contributed by atoms with E-state index in [4.69, 9.17) is 0 Å². The topological polar surface area (TPSA) is 77.9 Å². The first kappa shape index (κ1) is 15.0. The summed E-state index contributed by atoms with van der Waals surface area (Å²) < 4.78 is 26.9. The summed E-state index contributed by atoms with van der Waals surface area (Å²) in [5.74, 6) is -1.18. The summed E-state index contributed by atoms with van der Waals surface area (Å²) in [6.45, 7) is 3.99. The third-order valence-corrected chi connectivity index (χ3v) is 7.35. The standard InChI is InChI=1S/C13H18N2O4S2/c1-9-8-20-11(13(16)17)12(9)21(18,19)15-6-4-14(5-7-15)10-2-3-10/h8,10H,2-7H2,1H3,(H,16,17). The number of carboxylic acids is 1. The summed E-state index contributed by atoms with van der Waals surface area (Å²) in [6, 6.07) is 0.632. The van der Waals surface area contributed by atoms with Crippen LogP contribution in [0.1, 0.15) is 28.1 Å². The average molecular weight is 330 g/mol. The van der Waals surface area contributed by atoms with Crippen LogP contribution >= 0.6 is 11.3 Å². The Balaban J connectivity index is 1.84. The molecule has 2 fully saturated rings. The van der Waals surface area contributed by atoms with Gasteiger partial charge >= 0.3 is 5.97 Å². The van der Waals surface area contributed by atoms with Crippen LogP contribution in [0.2, 0.25) is 0 Å². The van der Waals surface area contributed by atoms with E-state index in [1.54, 1.807) is 12.3 Å². The number of hydrogen-bond donors (Lipinski definition) is 1. The van der Waals surface area contributed by atoms with Gasteiger partial charge in [0.05, 0.1) is 0 Å². The van der Waals surface area contributed by atoms with E-state index in [9.17, 15) is 18.3 Å². The van der Waals surface area contributed by atoms with E-state index in [0.717, 1.165) is 24.4 Å². The van der Waals surface area contributed by atoms with Crippen LogP contribution in [-0.4, -0.2) is 60.9 Å². The third kappa shape index (κ3) is 2.73. The zero-order chi connectivity index (χ0) is 15.2. The number of hydrogen-bond acceptors (Lipinski definition) is 5. The molecule has 1 aliphatic heterocycles. The minimum atomic E-state index is -3.72. The lowest BCUT2D eigenvalue weighted by atomic mass is 10.3. The fourth-order valence-electron chi connectivity index (χ4n) is 2.78. The van der Waals surface area contributed by atoms with Crippen molar-refractivity contribution in [2.75, 3.05) is 26.2 Å². The highest BCUT2D eigenvalue weighted by atomic mass is 32.2. The second-order valence-corrected chi connectivity index (χ2v) is 8.31. The second kappa shape index (κ2) is 5.35. The van der Waals surface area contributed by atoms with Gasteiger partial charge < -0.3 is 5.11 Å². The molecule has 8 heteroatoms. The van der Waals surface area contributed by atoms with Crippen LogP contribution in [0.25, 0.3) is 0 Å². The monoisotopic (exact) mass is 330 g/mol. The number of thiophene rings is 1. The molecule has 0 atom stereocenters. The van der Waals surface area contributed by atoms with Gasteiger partial charge in [-0.1, -0.05) is 0 Å². The molecule has 1 aromatic rings. The van der Waals surface area contributed by atoms with Crippen molar-refractivity contribution in [2.45, 2.75) is 30.7 Å². The van der Waals surface area contributed by atoms with E-state index >= 15 is 0 Å². The molecule has 0 unspecified atom stereocenters. The molecular formula is C13H18N2O4S2. The van der Waals surface area contributed by atoms with E-state index in [1.165, 1.54) is 17.1 Å². The van der Waals surface area contributed by atoms with Crippen molar-refractivity contribution >= 4 is 27.3 Å². The molecule has 2 heterocycles. The molecule has 1 N–H and O–H groups in total. The lowest BCUT2D eigenvalue weighted by molar-refractivity contribution is 0.0698. The van der Waals surface area contributed by atoms with Gasteiger partial charge in [-0.15, -0.1) is 11.3 Å². The maximum absolute atomic E-state index is 12.7. The van der Waals surface area contributed by atoms with E-state index in [0.29, 0.717) is 24.7 Å². The first-order valence-corrected chi connectivity index (χ1v) is 9.29. The lowest BCUT2D eigenvalue weighted by Crippen LogP contribution is -2.49. The maximum atomic E-state index is 12.7. The number of rotatable bonds is 4. The van der Waals surface area contributed by atoms with Crippen LogP contribution in [-0.2, 0) is 10.0 Å². The molecule has 1 saturated heterocycles. The first-order chi connectivity index (χ1) is 9.91. The molecule has 0 bridgehead atoms. The number of aromatic carboxylic acids is 1. The zero-order valence-electron chi connectivity index (χ0n) is 11.8. The molecule has 6 nitrogen and oxygen atoms in total. The Morgan fingerprint density at radius 3 is 2.43 bits per heavy atom. The SMILES string of the molecule is Cc1csc(C(=O)O)c1S(=O)(=O)N1CCN(C2CC2)CC1. The van der Waals surface area contributed by atoms with Crippen molar-refractivity contribution in [3.05, 3.63) is 15.8 Å². The van der Waals surface area contributed by atoms with Gasteiger partial charge in [0.1, 0.15) is 9.77 Å². The van der Waals surface area contributed by atoms with Crippen molar-refractivity contribution < 1.29 is 18.3 Å². The van der Waals surface area contributed by atoms with Gasteiger partial charge in [0.25, 0.3) is 0 Å². The van der Waals surface area contributed by atoms with Crippen LogP contribution in [0, 0.1) is 6.92 Å². The minimum Gasteiger partial charge on any atom is -0.477 e. The quantitative estimate of drug-likeness (QED) is 0.898. The highest BCUT2D eigenvalue weighted by Gasteiger charge is 2.37. The van der Waals surface area contributed by atoms with Gasteiger partial charge in [-0.2, -0.15) is 4.31 Å². The highest BCUT2D eigenvalue weighted by molar-refractivity contribution is 7.89. The van der Waals surface area contributed by atoms with Gasteiger partial charge in [0, 0.05) is 32.2 Å². The van der Waals surface area contributed by atoms with Crippen LogP contribution in [0.3, 0.4) is 0 Å². The smallest absolute Gasteiger partial charge is 0.347 e. The molecule has 1 aliphatic carbocycles. The molecule has 0 radical (unpaired) electrons. The Hall–Kier alpha value is -0.960. The number of piperazine rings is 1. The maximum Gasteiger partial charge on any atom is 0.347 e. The summed E-state index contributed by atoms with van der Waals surface area (Å²) in [5, 5.41) is 10.8. The Labute approximate surface area is 128 Å². The van der Waals surface area contributed by atoms with E-state index in [2.05, 4.69) is 4.90 Å². The Kier molecular flexibility index (Phi) is 3.81. The first-order valence-electron chi connectivity index (χ1n) is 6.97. The van der Waals surface area contributed by atoms with Gasteiger partial charge in [-0.3, -0.25) is 4.90 Å². The summed E-state index contributed by atoms with van der Waals surface area (Å²) in [5.41, 5.74) is 0.516. The number of carbonyl (C=O) groups is 1. The molecule has 0 spiro atoms. The highest BCUT2D eigenvalue weighted by Crippen LogP contribution is 2.32. The van der Waals surface area contributed by atoms with Crippen LogP contribution < -0.4 is 0 Å². The zero-order valence-corrected chi connectivity index (χ0v) is 13.4. The predicted octanol–water partition coefficient (Wildman–Crippen LogP) is 1.22. The predicted molar refractivity (Wildman–Crippen MR) is 79.4 cm³/mol. The van der Waals surface area contributed by atoms with Crippen LogP contribution in [0.15, 0.2) is 10.3 Å². The molecule has 1 saturated carbocycles. The van der Waals surface area contributed by atoms with Gasteiger partial charge in [0.15, 0.2) is 0 Å². The Bertz CT molecular complexity index is 656. The van der Waals surface area contributed by atoms with Gasteiger partial charge in [-0.25, -0.2) is 13.2 Å². The molecule has 0 amide bonds. The summed E-state index contributed by atoms with van der Waals surface area (Å²) >= 11 is 0.975. The number of aryl methyl sites for hydroxylation is 1. The molecule has 21 heavy (non-hydrogen) atoms. The van der Waals surface area contributed by atoms with Crippen LogP contribution in [0.4, 0.5) is 0 Å². The van der Waals surface area contributed by atoms with Crippen LogP contribution in [0.5, 0.6) is 0 Å². The number of carboxylic acid groups (broad SMARTS) is 1. The van der Waals surface area contributed by atoms with Crippen molar-refractivity contribution in [2.24, 2.45) is 0 Å². The Morgan fingerprint density at radius 2 is 1.90 bits per heavy atom. The third-order valence-electron chi connectivity index (χ3n) is 4.05. The normalized spacial score (nSPS) is 21.6. The van der Waals surface area contributed by atoms with Crippen molar-refractivity contribution in [1.82, 2.24) is 9.21 Å².